The van der Waals surface area contributed by atoms with E-state index in [0.29, 0.717) is 0 Å². The summed E-state index contributed by atoms with van der Waals surface area (Å²) in [7, 11) is 8.63. The van der Waals surface area contributed by atoms with Crippen molar-refractivity contribution in [3.63, 3.8) is 0 Å². The smallest absolute Gasteiger partial charge is 0.0521 e. The number of nitrogens with zero attached hydrogens (tertiary/aromatic N) is 4. The SMILES string of the molecule is C.C.C.C.C.C.C.CC.CC.CC.CC.CC.CC.CC.CC.CC.CC.CC.CC.CC.CC.CC.CC.CC.CC.CCc1cccc2c3ccccc3n(C)c12.CCc1cccc2c3ccccc3n(C)c12.CCc1cccc2c3ccccc3n(C)c12.CCc1cccc2c3ccccc3n(C)c12.[B].[B]. The van der Waals surface area contributed by atoms with Gasteiger partial charge in [-0.2, -0.15) is 0 Å². The zero-order valence-corrected chi connectivity index (χ0v) is 75.9. The van der Waals surface area contributed by atoms with E-state index in [9.17, 15) is 0 Å². The molecule has 0 N–H and O–H groups in total. The molecular weight excluding hydrogens is 1310 g/mol. The second-order valence-electron chi connectivity index (χ2n) is 17.0. The van der Waals surface area contributed by atoms with Gasteiger partial charge in [-0.1, -0.05) is 475 Å². The van der Waals surface area contributed by atoms with E-state index in [4.69, 9.17) is 0 Å². The molecule has 4 aromatic heterocycles. The molecule has 12 aromatic rings. The van der Waals surface area contributed by atoms with Gasteiger partial charge in [0.25, 0.3) is 0 Å². The average Bonchev–Trinajstić information content (AvgIpc) is 1.65. The maximum atomic E-state index is 2.31. The summed E-state index contributed by atoms with van der Waals surface area (Å²) in [4.78, 5) is 0. The van der Waals surface area contributed by atoms with Crippen LogP contribution in [0.1, 0.15) is 351 Å². The van der Waals surface area contributed by atoms with Crippen molar-refractivity contribution in [1.29, 1.82) is 0 Å². The quantitative estimate of drug-likeness (QED) is 0.157. The molecular formula is C103H196B2N4. The van der Waals surface area contributed by atoms with Gasteiger partial charge in [0.05, 0.1) is 22.1 Å². The fourth-order valence-corrected chi connectivity index (χ4v) is 10.4. The van der Waals surface area contributed by atoms with Crippen LogP contribution in [0.3, 0.4) is 0 Å². The monoisotopic (exact) mass is 1510 g/mol. The summed E-state index contributed by atoms with van der Waals surface area (Å²) in [6.07, 6.45) is 4.34. The topological polar surface area (TPSA) is 19.7 Å². The Kier molecular flexibility index (Phi) is 149. The molecule has 634 valence electrons. The van der Waals surface area contributed by atoms with Gasteiger partial charge in [-0.25, -0.2) is 0 Å². The second kappa shape index (κ2) is 107. The first kappa shape index (κ1) is 151. The summed E-state index contributed by atoms with van der Waals surface area (Å²) in [6.45, 7) is 80.9. The predicted octanol–water partition coefficient (Wildman–Crippen LogP) is 37.7. The van der Waals surface area contributed by atoms with Gasteiger partial charge in [-0.05, 0) is 72.2 Å². The molecule has 0 aliphatic rings. The third-order valence-electron chi connectivity index (χ3n) is 13.6. The van der Waals surface area contributed by atoms with Crippen LogP contribution in [0, 0.1) is 0 Å². The molecule has 0 spiro atoms. The van der Waals surface area contributed by atoms with Crippen LogP contribution in [0.2, 0.25) is 0 Å². The van der Waals surface area contributed by atoms with Gasteiger partial charge in [-0.3, -0.25) is 0 Å². The van der Waals surface area contributed by atoms with E-state index >= 15 is 0 Å². The molecule has 0 saturated carbocycles. The Morgan fingerprint density at radius 1 is 0.165 bits per heavy atom. The summed E-state index contributed by atoms with van der Waals surface area (Å²) < 4.78 is 9.24. The zero-order valence-electron chi connectivity index (χ0n) is 75.9. The predicted molar refractivity (Wildman–Crippen MR) is 542 cm³/mol. The molecule has 0 fully saturated rings. The minimum atomic E-state index is 0. The molecule has 0 amide bonds. The number of aromatic nitrogens is 4. The number of hydrogen-bond donors (Lipinski definition) is 0. The molecule has 109 heavy (non-hydrogen) atoms. The average molecular weight is 1510 g/mol. The lowest BCUT2D eigenvalue weighted by Crippen LogP contribution is -1.91. The van der Waals surface area contributed by atoms with E-state index in [1.54, 1.807) is 0 Å². The summed E-state index contributed by atoms with van der Waals surface area (Å²) in [6, 6.07) is 60.9. The van der Waals surface area contributed by atoms with Crippen LogP contribution in [0.15, 0.2) is 170 Å². The van der Waals surface area contributed by atoms with Crippen LogP contribution >= 0.6 is 0 Å². The van der Waals surface area contributed by atoms with Gasteiger partial charge in [0.2, 0.25) is 0 Å². The lowest BCUT2D eigenvalue weighted by Gasteiger charge is -2.03. The first-order valence-electron chi connectivity index (χ1n) is 41.1. The molecule has 0 atom stereocenters. The number of benzene rings is 8. The summed E-state index contributed by atoms with van der Waals surface area (Å²) in [5.74, 6) is 0. The zero-order chi connectivity index (χ0) is 80.5. The van der Waals surface area contributed by atoms with Crippen molar-refractivity contribution in [2.24, 2.45) is 28.2 Å². The Labute approximate surface area is 693 Å². The van der Waals surface area contributed by atoms with Crippen LogP contribution in [0.4, 0.5) is 0 Å². The maximum Gasteiger partial charge on any atom is 0.0521 e. The van der Waals surface area contributed by atoms with Gasteiger partial charge < -0.3 is 18.3 Å². The molecule has 0 saturated heterocycles. The third kappa shape index (κ3) is 44.7. The number of hydrogen-bond acceptors (Lipinski definition) is 0. The lowest BCUT2D eigenvalue weighted by molar-refractivity contribution is 0.995. The molecule has 8 aromatic carbocycles. The lowest BCUT2D eigenvalue weighted by atomic mass is 10.1. The van der Waals surface area contributed by atoms with E-state index < -0.39 is 0 Å². The van der Waals surface area contributed by atoms with E-state index in [0.717, 1.165) is 25.7 Å². The van der Waals surface area contributed by atoms with Crippen molar-refractivity contribution in [3.8, 4) is 0 Å². The van der Waals surface area contributed by atoms with Crippen LogP contribution in [-0.4, -0.2) is 35.1 Å². The molecule has 12 rings (SSSR count). The highest BCUT2D eigenvalue weighted by Crippen LogP contribution is 2.34. The van der Waals surface area contributed by atoms with Crippen LogP contribution in [0.5, 0.6) is 0 Å². The van der Waals surface area contributed by atoms with E-state index in [2.05, 4.69) is 244 Å². The number of rotatable bonds is 4. The van der Waals surface area contributed by atoms with Crippen LogP contribution < -0.4 is 0 Å². The van der Waals surface area contributed by atoms with Crippen LogP contribution in [-0.2, 0) is 53.9 Å². The van der Waals surface area contributed by atoms with E-state index in [-0.39, 0.29) is 68.8 Å². The third-order valence-corrected chi connectivity index (χ3v) is 13.6. The minimum absolute atomic E-state index is 0. The summed E-state index contributed by atoms with van der Waals surface area (Å²) in [5.41, 5.74) is 16.5. The number of para-hydroxylation sites is 8. The fourth-order valence-electron chi connectivity index (χ4n) is 10.4. The largest absolute Gasteiger partial charge is 0.343 e. The number of fused-ring (bicyclic) bond motifs is 12. The van der Waals surface area contributed by atoms with Crippen molar-refractivity contribution in [1.82, 2.24) is 18.3 Å². The van der Waals surface area contributed by atoms with Gasteiger partial charge in [-0.15, -0.1) is 0 Å². The summed E-state index contributed by atoms with van der Waals surface area (Å²) >= 11 is 0. The standard InChI is InChI=1S/4C15H15N.18C2H6.7CH4.2B/c4*1-3-11-7-6-9-13-12-8-4-5-10-14(12)16(2)15(11)13;18*1-2;;;;;;;;;/h4*4-10H,3H2,1-2H3;18*1-2H3;7*1H4;;. The van der Waals surface area contributed by atoms with E-state index in [1.807, 2.05) is 249 Å². The Morgan fingerprint density at radius 2 is 0.275 bits per heavy atom. The molecule has 4 nitrogen and oxygen atoms in total. The highest BCUT2D eigenvalue weighted by Gasteiger charge is 2.13. The van der Waals surface area contributed by atoms with E-state index in [1.165, 1.54) is 109 Å². The Morgan fingerprint density at radius 3 is 0.394 bits per heavy atom. The van der Waals surface area contributed by atoms with Gasteiger partial charge in [0, 0.05) is 110 Å². The Balaban J connectivity index is -0.0000000499. The van der Waals surface area contributed by atoms with Crippen molar-refractivity contribution < 1.29 is 0 Å². The minimum Gasteiger partial charge on any atom is -0.343 e. The molecule has 0 unspecified atom stereocenters. The van der Waals surface area contributed by atoms with Crippen molar-refractivity contribution in [3.05, 3.63) is 192 Å². The molecule has 6 radical (unpaired) electrons. The Hall–Kier alpha value is -6.91. The fraction of sp³-hybridized carbons (Fsp3) is 0.534. The molecule has 4 heterocycles. The van der Waals surface area contributed by atoms with Gasteiger partial charge in [0.1, 0.15) is 0 Å². The Bertz CT molecular complexity index is 3140. The number of aryl methyl sites for hydroxylation is 8. The van der Waals surface area contributed by atoms with Crippen molar-refractivity contribution in [2.45, 2.75) is 355 Å². The van der Waals surface area contributed by atoms with Crippen LogP contribution in [0.25, 0.3) is 87.2 Å². The molecule has 0 bridgehead atoms. The molecule has 6 heteroatoms. The highest BCUT2D eigenvalue weighted by molar-refractivity contribution is 6.11. The van der Waals surface area contributed by atoms with Gasteiger partial charge in [0.15, 0.2) is 0 Å². The van der Waals surface area contributed by atoms with Crippen molar-refractivity contribution in [2.75, 3.05) is 0 Å². The van der Waals surface area contributed by atoms with Gasteiger partial charge >= 0.3 is 0 Å². The second-order valence-corrected chi connectivity index (χ2v) is 17.0. The molecule has 0 aliphatic heterocycles. The molecule has 0 aliphatic carbocycles. The summed E-state index contributed by atoms with van der Waals surface area (Å²) in [5, 5.41) is 10.9. The highest BCUT2D eigenvalue weighted by atomic mass is 15.0. The first-order valence-corrected chi connectivity index (χ1v) is 41.1. The maximum absolute atomic E-state index is 2.31. The first-order chi connectivity index (χ1) is 49.3. The van der Waals surface area contributed by atoms with Crippen molar-refractivity contribution >= 4 is 104 Å². The normalized spacial score (nSPS) is 7.67.